The van der Waals surface area contributed by atoms with Gasteiger partial charge in [-0.25, -0.2) is 0 Å². The number of aromatic nitrogens is 1. The zero-order valence-corrected chi connectivity index (χ0v) is 10.6. The number of benzene rings is 1. The number of hydrogen-bond donors (Lipinski definition) is 1. The van der Waals surface area contributed by atoms with Crippen molar-refractivity contribution in [1.82, 2.24) is 4.98 Å². The third-order valence-corrected chi connectivity index (χ3v) is 4.03. The fraction of sp³-hybridized carbons (Fsp3) is 0.133. The van der Waals surface area contributed by atoms with Crippen molar-refractivity contribution in [3.8, 4) is 6.07 Å². The van der Waals surface area contributed by atoms with Gasteiger partial charge in [-0.15, -0.1) is 11.3 Å². The Morgan fingerprint density at radius 1 is 1.11 bits per heavy atom. The number of rotatable bonds is 3. The number of nitriles is 1. The first-order valence-corrected chi connectivity index (χ1v) is 6.78. The molecule has 0 atom stereocenters. The Morgan fingerprint density at radius 2 is 2.00 bits per heavy atom. The van der Waals surface area contributed by atoms with Crippen LogP contribution in [0.15, 0.2) is 41.8 Å². The van der Waals surface area contributed by atoms with Gasteiger partial charge in [0.2, 0.25) is 0 Å². The van der Waals surface area contributed by atoms with Gasteiger partial charge >= 0.3 is 0 Å². The van der Waals surface area contributed by atoms with Crippen molar-refractivity contribution in [1.29, 1.82) is 5.26 Å². The Labute approximate surface area is 110 Å². The van der Waals surface area contributed by atoms with Gasteiger partial charge in [0.1, 0.15) is 6.07 Å². The van der Waals surface area contributed by atoms with E-state index in [0.29, 0.717) is 0 Å². The largest absolute Gasteiger partial charge is 0.357 e. The van der Waals surface area contributed by atoms with Crippen LogP contribution < -0.4 is 0 Å². The summed E-state index contributed by atoms with van der Waals surface area (Å²) in [6.07, 6.45) is 1.87. The molecule has 2 heterocycles. The Kier molecular flexibility index (Phi) is 2.87. The Balaban J connectivity index is 1.94. The van der Waals surface area contributed by atoms with E-state index in [0.717, 1.165) is 35.0 Å². The van der Waals surface area contributed by atoms with Crippen LogP contribution in [0.25, 0.3) is 10.9 Å². The summed E-state index contributed by atoms with van der Waals surface area (Å²) in [6.45, 7) is 0. The normalized spacial score (nSPS) is 10.6. The molecule has 2 nitrogen and oxygen atoms in total. The van der Waals surface area contributed by atoms with E-state index in [1.54, 1.807) is 11.3 Å². The summed E-state index contributed by atoms with van der Waals surface area (Å²) in [5.74, 6) is 0. The summed E-state index contributed by atoms with van der Waals surface area (Å²) in [5.41, 5.74) is 2.89. The zero-order valence-electron chi connectivity index (χ0n) is 9.81. The molecule has 0 unspecified atom stereocenters. The van der Waals surface area contributed by atoms with Crippen LogP contribution in [0.5, 0.6) is 0 Å². The topological polar surface area (TPSA) is 39.6 Å². The number of thiophene rings is 1. The molecule has 3 rings (SSSR count). The highest BCUT2D eigenvalue weighted by Crippen LogP contribution is 2.23. The van der Waals surface area contributed by atoms with Crippen LogP contribution in [0, 0.1) is 11.3 Å². The van der Waals surface area contributed by atoms with Gasteiger partial charge in [0.15, 0.2) is 0 Å². The molecule has 0 amide bonds. The first-order chi connectivity index (χ1) is 8.88. The summed E-state index contributed by atoms with van der Waals surface area (Å²) >= 11 is 1.77. The molecule has 0 aliphatic rings. The van der Waals surface area contributed by atoms with Gasteiger partial charge in [0.25, 0.3) is 0 Å². The van der Waals surface area contributed by atoms with Gasteiger partial charge < -0.3 is 4.98 Å². The lowest BCUT2D eigenvalue weighted by Gasteiger charge is -1.97. The van der Waals surface area contributed by atoms with E-state index in [4.69, 9.17) is 0 Å². The molecule has 0 aliphatic carbocycles. The van der Waals surface area contributed by atoms with E-state index in [-0.39, 0.29) is 0 Å². The quantitative estimate of drug-likeness (QED) is 0.754. The van der Waals surface area contributed by atoms with E-state index in [9.17, 15) is 5.26 Å². The van der Waals surface area contributed by atoms with Crippen molar-refractivity contribution in [2.24, 2.45) is 0 Å². The van der Waals surface area contributed by atoms with Crippen molar-refractivity contribution in [3.63, 3.8) is 0 Å². The number of aromatic amines is 1. The Bertz CT molecular complexity index is 702. The monoisotopic (exact) mass is 252 g/mol. The van der Waals surface area contributed by atoms with Crippen molar-refractivity contribution < 1.29 is 0 Å². The van der Waals surface area contributed by atoms with Crippen molar-refractivity contribution >= 4 is 22.2 Å². The highest BCUT2D eigenvalue weighted by Gasteiger charge is 2.10. The molecule has 0 fully saturated rings. The van der Waals surface area contributed by atoms with Gasteiger partial charge in [-0.05, 0) is 30.4 Å². The van der Waals surface area contributed by atoms with E-state index in [1.807, 2.05) is 24.3 Å². The minimum atomic E-state index is 0.794. The third-order valence-electron chi connectivity index (χ3n) is 3.10. The van der Waals surface area contributed by atoms with E-state index >= 15 is 0 Å². The Morgan fingerprint density at radius 3 is 2.78 bits per heavy atom. The van der Waals surface area contributed by atoms with Crippen molar-refractivity contribution in [2.45, 2.75) is 12.8 Å². The third kappa shape index (κ3) is 1.92. The van der Waals surface area contributed by atoms with Gasteiger partial charge in [-0.1, -0.05) is 24.3 Å². The van der Waals surface area contributed by atoms with Gasteiger partial charge in [-0.2, -0.15) is 5.26 Å². The van der Waals surface area contributed by atoms with Crippen molar-refractivity contribution in [2.75, 3.05) is 0 Å². The maximum atomic E-state index is 9.30. The minimum absolute atomic E-state index is 0.794. The predicted octanol–water partition coefficient (Wildman–Crippen LogP) is 3.89. The number of nitrogens with zero attached hydrogens (tertiary/aromatic N) is 1. The molecule has 0 bridgehead atoms. The van der Waals surface area contributed by atoms with E-state index < -0.39 is 0 Å². The Hall–Kier alpha value is -2.05. The van der Waals surface area contributed by atoms with Crippen LogP contribution in [-0.2, 0) is 12.8 Å². The lowest BCUT2D eigenvalue weighted by atomic mass is 10.1. The summed E-state index contributed by atoms with van der Waals surface area (Å²) in [7, 11) is 0. The molecule has 0 aliphatic heterocycles. The number of nitrogens with one attached hydrogen (secondary N) is 1. The zero-order chi connectivity index (χ0) is 12.4. The maximum Gasteiger partial charge on any atom is 0.102 e. The molecule has 1 N–H and O–H groups in total. The molecule has 0 radical (unpaired) electrons. The van der Waals surface area contributed by atoms with Crippen molar-refractivity contribution in [3.05, 3.63) is 57.9 Å². The number of para-hydroxylation sites is 1. The molecule has 3 heteroatoms. The molecule has 3 aromatic rings. The van der Waals surface area contributed by atoms with Gasteiger partial charge in [0.05, 0.1) is 5.56 Å². The van der Waals surface area contributed by atoms with Crippen LogP contribution >= 0.6 is 11.3 Å². The second kappa shape index (κ2) is 4.67. The fourth-order valence-corrected chi connectivity index (χ4v) is 2.92. The molecule has 18 heavy (non-hydrogen) atoms. The van der Waals surface area contributed by atoms with Gasteiger partial charge in [-0.3, -0.25) is 0 Å². The highest BCUT2D eigenvalue weighted by atomic mass is 32.1. The summed E-state index contributed by atoms with van der Waals surface area (Å²) in [5, 5.41) is 12.4. The molecule has 88 valence electrons. The van der Waals surface area contributed by atoms with E-state index in [2.05, 4.69) is 28.6 Å². The summed E-state index contributed by atoms with van der Waals surface area (Å²) in [6, 6.07) is 14.5. The summed E-state index contributed by atoms with van der Waals surface area (Å²) < 4.78 is 0. The molecule has 0 spiro atoms. The lowest BCUT2D eigenvalue weighted by Crippen LogP contribution is -1.91. The molecular formula is C15H12N2S. The summed E-state index contributed by atoms with van der Waals surface area (Å²) in [4.78, 5) is 4.72. The fourth-order valence-electron chi connectivity index (χ4n) is 2.22. The molecule has 2 aromatic heterocycles. The van der Waals surface area contributed by atoms with E-state index in [1.165, 1.54) is 4.88 Å². The van der Waals surface area contributed by atoms with Crippen LogP contribution in [0.1, 0.15) is 16.1 Å². The second-order valence-corrected chi connectivity index (χ2v) is 5.25. The van der Waals surface area contributed by atoms with Crippen LogP contribution in [0.4, 0.5) is 0 Å². The van der Waals surface area contributed by atoms with Crippen LogP contribution in [0.3, 0.4) is 0 Å². The highest BCUT2D eigenvalue weighted by molar-refractivity contribution is 7.09. The van der Waals surface area contributed by atoms with Crippen LogP contribution in [-0.4, -0.2) is 4.98 Å². The average molecular weight is 252 g/mol. The SMILES string of the molecule is N#Cc1c(CCc2cccs2)[nH]c2ccccc12. The lowest BCUT2D eigenvalue weighted by molar-refractivity contribution is 0.943. The number of fused-ring (bicyclic) bond motifs is 1. The molecule has 1 aromatic carbocycles. The first-order valence-electron chi connectivity index (χ1n) is 5.90. The predicted molar refractivity (Wildman–Crippen MR) is 74.7 cm³/mol. The molecular weight excluding hydrogens is 240 g/mol. The van der Waals surface area contributed by atoms with Crippen LogP contribution in [0.2, 0.25) is 0 Å². The first kappa shape index (κ1) is 11.1. The number of H-pyrrole nitrogens is 1. The number of hydrogen-bond acceptors (Lipinski definition) is 2. The standard InChI is InChI=1S/C15H12N2S/c16-10-13-12-5-1-2-6-14(12)17-15(13)8-7-11-4-3-9-18-11/h1-6,9,17H,7-8H2. The maximum absolute atomic E-state index is 9.30. The second-order valence-electron chi connectivity index (χ2n) is 4.22. The minimum Gasteiger partial charge on any atom is -0.357 e. The molecule has 0 saturated carbocycles. The number of aryl methyl sites for hydroxylation is 2. The smallest absolute Gasteiger partial charge is 0.102 e. The van der Waals surface area contributed by atoms with Gasteiger partial charge in [0, 0.05) is 21.5 Å². The average Bonchev–Trinajstić information content (AvgIpc) is 3.03. The molecule has 0 saturated heterocycles.